The van der Waals surface area contributed by atoms with Gasteiger partial charge in [-0.15, -0.1) is 0 Å². The summed E-state index contributed by atoms with van der Waals surface area (Å²) in [4.78, 5) is 10.5. The molecule has 53 valence electrons. The molecule has 0 atom stereocenters. The molecule has 0 fully saturated rings. The highest BCUT2D eigenvalue weighted by Crippen LogP contribution is 2.31. The molecule has 0 bridgehead atoms. The van der Waals surface area contributed by atoms with E-state index in [1.54, 1.807) is 6.92 Å². The third-order valence-corrected chi connectivity index (χ3v) is 2.01. The molecule has 0 aromatic heterocycles. The molecule has 0 unspecified atom stereocenters. The van der Waals surface area contributed by atoms with Gasteiger partial charge in [0.25, 0.3) is 5.91 Å². The molecule has 1 heterocycles. The molecule has 1 amide bonds. The fraction of sp³-hybridized carbons (Fsp3) is 0.200. The first kappa shape index (κ1) is 7.40. The monoisotopic (exact) mass is 202 g/mol. The van der Waals surface area contributed by atoms with Gasteiger partial charge in [0, 0.05) is 0 Å². The summed E-state index contributed by atoms with van der Waals surface area (Å²) >= 11 is 3.12. The van der Waals surface area contributed by atoms with Crippen molar-refractivity contribution in [1.82, 2.24) is 0 Å². The van der Waals surface area contributed by atoms with Crippen LogP contribution in [0.1, 0.15) is 6.92 Å². The van der Waals surface area contributed by atoms with Gasteiger partial charge in [0.05, 0.1) is 10.2 Å². The van der Waals surface area contributed by atoms with Gasteiger partial charge in [-0.2, -0.15) is 10.2 Å². The van der Waals surface area contributed by atoms with Crippen LogP contribution in [-0.2, 0) is 4.79 Å². The van der Waals surface area contributed by atoms with Crippen LogP contribution in [0.2, 0.25) is 0 Å². The molecule has 2 N–H and O–H groups in total. The molecule has 0 aliphatic carbocycles. The van der Waals surface area contributed by atoms with Crippen molar-refractivity contribution in [2.75, 3.05) is 0 Å². The maximum atomic E-state index is 10.5. The average Bonchev–Trinajstić information content (AvgIpc) is 2.14. The average molecular weight is 203 g/mol. The Morgan fingerprint density at radius 3 is 2.40 bits per heavy atom. The van der Waals surface area contributed by atoms with Crippen LogP contribution in [0.25, 0.3) is 0 Å². The van der Waals surface area contributed by atoms with Gasteiger partial charge in [0.1, 0.15) is 0 Å². The number of primary amides is 1. The standard InChI is InChI=1S/C5H5BrN3O/c1-2-3(6)4(5(7)10)9-8-2/h1H3,(H2,7,10). The zero-order chi connectivity index (χ0) is 7.72. The van der Waals surface area contributed by atoms with Crippen molar-refractivity contribution in [3.05, 3.63) is 16.2 Å². The van der Waals surface area contributed by atoms with Crippen molar-refractivity contribution in [2.45, 2.75) is 6.92 Å². The fourth-order valence-corrected chi connectivity index (χ4v) is 0.896. The lowest BCUT2D eigenvalue weighted by Crippen LogP contribution is -2.18. The summed E-state index contributed by atoms with van der Waals surface area (Å²) in [5, 5.41) is 7.18. The van der Waals surface area contributed by atoms with Crippen LogP contribution in [0.15, 0.2) is 20.4 Å². The first-order chi connectivity index (χ1) is 4.63. The lowest BCUT2D eigenvalue weighted by molar-refractivity contribution is -0.115. The molecule has 0 spiro atoms. The predicted octanol–water partition coefficient (Wildman–Crippen LogP) is 1.10. The number of allylic oxidation sites excluding steroid dienone is 1. The Balaban J connectivity index is 2.88. The molecule has 1 aliphatic heterocycles. The normalized spacial score (nSPS) is 18.6. The molecule has 4 nitrogen and oxygen atoms in total. The van der Waals surface area contributed by atoms with E-state index >= 15 is 0 Å². The topological polar surface area (TPSA) is 67.8 Å². The molecule has 10 heavy (non-hydrogen) atoms. The zero-order valence-corrected chi connectivity index (χ0v) is 6.84. The van der Waals surface area contributed by atoms with Crippen LogP contribution >= 0.6 is 15.9 Å². The number of azo groups is 1. The first-order valence-electron chi connectivity index (χ1n) is 2.58. The Hall–Kier alpha value is -0.710. The number of hydrogen-bond acceptors (Lipinski definition) is 3. The summed E-state index contributed by atoms with van der Waals surface area (Å²) in [7, 11) is 0. The molecular weight excluding hydrogens is 198 g/mol. The molecule has 1 aliphatic rings. The van der Waals surface area contributed by atoms with Crippen molar-refractivity contribution < 1.29 is 4.79 Å². The van der Waals surface area contributed by atoms with E-state index in [-0.39, 0.29) is 6.04 Å². The highest BCUT2D eigenvalue weighted by Gasteiger charge is 2.26. The number of carbonyl (C=O) groups is 1. The maximum Gasteiger partial charge on any atom is 0.256 e. The van der Waals surface area contributed by atoms with Crippen LogP contribution < -0.4 is 5.73 Å². The SMILES string of the molecule is CC1=C(Br)[C](C(N)=O)N=N1. The zero-order valence-electron chi connectivity index (χ0n) is 5.26. The van der Waals surface area contributed by atoms with E-state index in [4.69, 9.17) is 5.73 Å². The molecule has 5 heteroatoms. The highest BCUT2D eigenvalue weighted by atomic mass is 79.9. The van der Waals surface area contributed by atoms with Crippen molar-refractivity contribution in [2.24, 2.45) is 16.0 Å². The van der Waals surface area contributed by atoms with Gasteiger partial charge >= 0.3 is 0 Å². The largest absolute Gasteiger partial charge is 0.367 e. The Kier molecular flexibility index (Phi) is 1.85. The molecule has 0 saturated carbocycles. The molecular formula is C5H5BrN3O. The summed E-state index contributed by atoms with van der Waals surface area (Å²) in [6, 6.07) is 0.192. The van der Waals surface area contributed by atoms with Crippen molar-refractivity contribution in [1.29, 1.82) is 0 Å². The number of hydrogen-bond donors (Lipinski definition) is 1. The summed E-state index contributed by atoms with van der Waals surface area (Å²) in [5.74, 6) is -0.563. The van der Waals surface area contributed by atoms with Crippen LogP contribution in [0.3, 0.4) is 0 Å². The van der Waals surface area contributed by atoms with Gasteiger partial charge in [0.15, 0.2) is 0 Å². The van der Waals surface area contributed by atoms with Crippen molar-refractivity contribution >= 4 is 21.8 Å². The summed E-state index contributed by atoms with van der Waals surface area (Å²) < 4.78 is 0.583. The molecule has 0 saturated heterocycles. The number of rotatable bonds is 1. The summed E-state index contributed by atoms with van der Waals surface area (Å²) in [6.07, 6.45) is 0. The van der Waals surface area contributed by atoms with Crippen LogP contribution in [0.5, 0.6) is 0 Å². The maximum absolute atomic E-state index is 10.5. The molecule has 1 rings (SSSR count). The fourth-order valence-electron chi connectivity index (χ4n) is 0.542. The number of amides is 1. The number of carbonyl (C=O) groups excluding carboxylic acids is 1. The van der Waals surface area contributed by atoms with Gasteiger partial charge in [0.2, 0.25) is 6.04 Å². The molecule has 1 radical (unpaired) electrons. The smallest absolute Gasteiger partial charge is 0.256 e. The second-order valence-corrected chi connectivity index (χ2v) is 2.61. The summed E-state index contributed by atoms with van der Waals surface area (Å²) in [6.45, 7) is 1.74. The Bertz CT molecular complexity index is 233. The van der Waals surface area contributed by atoms with Gasteiger partial charge in [-0.25, -0.2) is 0 Å². The second-order valence-electron chi connectivity index (χ2n) is 1.81. The van der Waals surface area contributed by atoms with Gasteiger partial charge < -0.3 is 5.73 Å². The van der Waals surface area contributed by atoms with E-state index in [2.05, 4.69) is 26.2 Å². The molecule has 0 aromatic rings. The Morgan fingerprint density at radius 1 is 1.60 bits per heavy atom. The minimum absolute atomic E-state index is 0.192. The Morgan fingerprint density at radius 2 is 2.20 bits per heavy atom. The lowest BCUT2D eigenvalue weighted by Gasteiger charge is -1.96. The van der Waals surface area contributed by atoms with Crippen molar-refractivity contribution in [3.8, 4) is 0 Å². The first-order valence-corrected chi connectivity index (χ1v) is 3.37. The van der Waals surface area contributed by atoms with E-state index in [9.17, 15) is 4.79 Å². The number of nitrogens with zero attached hydrogens (tertiary/aromatic N) is 2. The van der Waals surface area contributed by atoms with E-state index in [1.165, 1.54) is 0 Å². The van der Waals surface area contributed by atoms with E-state index in [1.807, 2.05) is 0 Å². The number of nitrogens with two attached hydrogens (primary N) is 1. The van der Waals surface area contributed by atoms with Crippen LogP contribution in [0.4, 0.5) is 0 Å². The lowest BCUT2D eigenvalue weighted by atomic mass is 10.3. The number of halogens is 1. The van der Waals surface area contributed by atoms with E-state index in [0.717, 1.165) is 0 Å². The predicted molar refractivity (Wildman–Crippen MR) is 38.9 cm³/mol. The minimum atomic E-state index is -0.563. The van der Waals surface area contributed by atoms with Gasteiger partial charge in [-0.3, -0.25) is 4.79 Å². The second kappa shape index (κ2) is 2.49. The van der Waals surface area contributed by atoms with Crippen molar-refractivity contribution in [3.63, 3.8) is 0 Å². The highest BCUT2D eigenvalue weighted by molar-refractivity contribution is 9.12. The van der Waals surface area contributed by atoms with Crippen LogP contribution in [-0.4, -0.2) is 5.91 Å². The third kappa shape index (κ3) is 1.09. The van der Waals surface area contributed by atoms with Crippen LogP contribution in [0, 0.1) is 6.04 Å². The minimum Gasteiger partial charge on any atom is -0.367 e. The van der Waals surface area contributed by atoms with E-state index < -0.39 is 5.91 Å². The van der Waals surface area contributed by atoms with E-state index in [0.29, 0.717) is 10.2 Å². The Labute approximate surface area is 66.3 Å². The third-order valence-electron chi connectivity index (χ3n) is 1.06. The quantitative estimate of drug-likeness (QED) is 0.680. The molecule has 0 aromatic carbocycles. The van der Waals surface area contributed by atoms with Gasteiger partial charge in [-0.05, 0) is 6.92 Å². The summed E-state index contributed by atoms with van der Waals surface area (Å²) in [5.41, 5.74) is 5.63. The van der Waals surface area contributed by atoms with Gasteiger partial charge in [-0.1, -0.05) is 15.9 Å².